The number of hydrogen-bond acceptors (Lipinski definition) is 3. The number of fused-ring (bicyclic) bond motifs is 1. The number of anilines is 1. The zero-order valence-corrected chi connectivity index (χ0v) is 12.0. The lowest BCUT2D eigenvalue weighted by Crippen LogP contribution is -2.31. The molecule has 21 heavy (non-hydrogen) atoms. The van der Waals surface area contributed by atoms with Crippen molar-refractivity contribution in [2.75, 3.05) is 5.32 Å². The third-order valence-electron chi connectivity index (χ3n) is 3.35. The van der Waals surface area contributed by atoms with Crippen molar-refractivity contribution < 1.29 is 9.53 Å². The topological polar surface area (TPSA) is 64.3 Å². The molecule has 0 aromatic heterocycles. The lowest BCUT2D eigenvalue weighted by Gasteiger charge is -2.12. The molecule has 1 aliphatic heterocycles. The predicted molar refractivity (Wildman–Crippen MR) is 85.5 cm³/mol. The molecule has 1 heterocycles. The number of nitrogens with two attached hydrogens (primary N) is 1. The Morgan fingerprint density at radius 3 is 2.81 bits per heavy atom. The number of hydrogen-bond donors (Lipinski definition) is 2. The summed E-state index contributed by atoms with van der Waals surface area (Å²) < 4.78 is 5.66. The number of carbonyl (C=O) groups is 1. The first-order chi connectivity index (χ1) is 10.1. The summed E-state index contributed by atoms with van der Waals surface area (Å²) >= 11 is 4.93. The molecule has 0 saturated carbocycles. The maximum Gasteiger partial charge on any atom is 0.265 e. The van der Waals surface area contributed by atoms with Gasteiger partial charge in [0.2, 0.25) is 0 Å². The van der Waals surface area contributed by atoms with Gasteiger partial charge in [0.25, 0.3) is 5.91 Å². The van der Waals surface area contributed by atoms with Crippen LogP contribution >= 0.6 is 12.2 Å². The van der Waals surface area contributed by atoms with E-state index >= 15 is 0 Å². The number of nitrogens with one attached hydrogen (secondary N) is 1. The van der Waals surface area contributed by atoms with Crippen molar-refractivity contribution in [1.29, 1.82) is 0 Å². The van der Waals surface area contributed by atoms with Crippen molar-refractivity contribution in [2.45, 2.75) is 12.5 Å². The van der Waals surface area contributed by atoms with Gasteiger partial charge in [-0.2, -0.15) is 0 Å². The molecule has 2 aromatic rings. The van der Waals surface area contributed by atoms with Gasteiger partial charge in [0.15, 0.2) is 6.10 Å². The van der Waals surface area contributed by atoms with E-state index in [2.05, 4.69) is 5.32 Å². The first-order valence-corrected chi connectivity index (χ1v) is 6.99. The van der Waals surface area contributed by atoms with Gasteiger partial charge in [0, 0.05) is 17.7 Å². The maximum atomic E-state index is 12.3. The van der Waals surface area contributed by atoms with Crippen LogP contribution in [0.5, 0.6) is 5.75 Å². The minimum atomic E-state index is -0.504. The van der Waals surface area contributed by atoms with Crippen molar-refractivity contribution >= 4 is 28.8 Å². The molecule has 106 valence electrons. The number of para-hydroxylation sites is 1. The van der Waals surface area contributed by atoms with Crippen LogP contribution in [0.25, 0.3) is 0 Å². The Balaban J connectivity index is 1.71. The molecule has 3 rings (SSSR count). The van der Waals surface area contributed by atoms with E-state index < -0.39 is 6.10 Å². The van der Waals surface area contributed by atoms with Crippen LogP contribution in [0, 0.1) is 0 Å². The lowest BCUT2D eigenvalue weighted by atomic mass is 10.1. The van der Waals surface area contributed by atoms with Crippen LogP contribution in [-0.4, -0.2) is 17.0 Å². The van der Waals surface area contributed by atoms with E-state index in [0.29, 0.717) is 17.1 Å². The van der Waals surface area contributed by atoms with Crippen LogP contribution in [0.15, 0.2) is 48.5 Å². The van der Waals surface area contributed by atoms with E-state index in [9.17, 15) is 4.79 Å². The average molecular weight is 298 g/mol. The van der Waals surface area contributed by atoms with Crippen LogP contribution in [0.1, 0.15) is 11.1 Å². The van der Waals surface area contributed by atoms with Crippen LogP contribution in [-0.2, 0) is 11.2 Å². The molecule has 1 unspecified atom stereocenters. The third-order valence-corrected chi connectivity index (χ3v) is 3.59. The molecule has 0 spiro atoms. The largest absolute Gasteiger partial charge is 0.480 e. The highest BCUT2D eigenvalue weighted by Gasteiger charge is 2.28. The summed E-state index contributed by atoms with van der Waals surface area (Å²) in [5.74, 6) is 0.598. The fraction of sp³-hybridized carbons (Fsp3) is 0.125. The van der Waals surface area contributed by atoms with Gasteiger partial charge < -0.3 is 15.8 Å². The van der Waals surface area contributed by atoms with Crippen LogP contribution in [0.3, 0.4) is 0 Å². The Hall–Kier alpha value is -2.40. The highest BCUT2D eigenvalue weighted by atomic mass is 32.1. The minimum absolute atomic E-state index is 0.175. The monoisotopic (exact) mass is 298 g/mol. The molecule has 1 aliphatic rings. The molecule has 0 fully saturated rings. The molecule has 4 nitrogen and oxygen atoms in total. The second-order valence-corrected chi connectivity index (χ2v) is 5.29. The average Bonchev–Trinajstić information content (AvgIpc) is 2.91. The summed E-state index contributed by atoms with van der Waals surface area (Å²) in [6, 6.07) is 14.8. The fourth-order valence-corrected chi connectivity index (χ4v) is 2.43. The second-order valence-electron chi connectivity index (χ2n) is 4.85. The number of rotatable bonds is 3. The van der Waals surface area contributed by atoms with Crippen molar-refractivity contribution in [3.05, 3.63) is 59.7 Å². The van der Waals surface area contributed by atoms with Gasteiger partial charge in [0.1, 0.15) is 10.7 Å². The Bertz CT molecular complexity index is 690. The summed E-state index contributed by atoms with van der Waals surface area (Å²) in [7, 11) is 0. The predicted octanol–water partition coefficient (Wildman–Crippen LogP) is 2.26. The van der Waals surface area contributed by atoms with E-state index in [-0.39, 0.29) is 5.91 Å². The Kier molecular flexibility index (Phi) is 3.58. The van der Waals surface area contributed by atoms with Gasteiger partial charge in [-0.25, -0.2) is 0 Å². The number of amides is 1. The quantitative estimate of drug-likeness (QED) is 0.853. The van der Waals surface area contributed by atoms with E-state index in [0.717, 1.165) is 16.9 Å². The standard InChI is InChI=1S/C16H14N2O2S/c17-15(21)11-5-3-6-12(8-11)18-16(19)14-9-10-4-1-2-7-13(10)20-14/h1-8,14H,9H2,(H2,17,21)(H,18,19). The molecule has 0 saturated heterocycles. The molecule has 1 amide bonds. The summed E-state index contributed by atoms with van der Waals surface area (Å²) in [5.41, 5.74) is 8.02. The maximum absolute atomic E-state index is 12.3. The second kappa shape index (κ2) is 5.54. The molecule has 0 bridgehead atoms. The Morgan fingerprint density at radius 2 is 2.05 bits per heavy atom. The van der Waals surface area contributed by atoms with Gasteiger partial charge in [0.05, 0.1) is 0 Å². The summed E-state index contributed by atoms with van der Waals surface area (Å²) in [5, 5.41) is 2.83. The van der Waals surface area contributed by atoms with Crippen molar-refractivity contribution in [1.82, 2.24) is 0 Å². The zero-order chi connectivity index (χ0) is 14.8. The van der Waals surface area contributed by atoms with E-state index in [1.54, 1.807) is 24.3 Å². The number of carbonyl (C=O) groups excluding carboxylic acids is 1. The highest BCUT2D eigenvalue weighted by molar-refractivity contribution is 7.80. The minimum Gasteiger partial charge on any atom is -0.480 e. The van der Waals surface area contributed by atoms with Crippen molar-refractivity contribution in [3.8, 4) is 5.75 Å². The zero-order valence-electron chi connectivity index (χ0n) is 11.2. The van der Waals surface area contributed by atoms with Gasteiger partial charge in [-0.15, -0.1) is 0 Å². The molecule has 5 heteroatoms. The van der Waals surface area contributed by atoms with Crippen LogP contribution in [0.2, 0.25) is 0 Å². The molecule has 2 aromatic carbocycles. The molecule has 0 aliphatic carbocycles. The van der Waals surface area contributed by atoms with Gasteiger partial charge in [-0.05, 0) is 23.8 Å². The molecule has 0 radical (unpaired) electrons. The van der Waals surface area contributed by atoms with Crippen LogP contribution < -0.4 is 15.8 Å². The fourth-order valence-electron chi connectivity index (χ4n) is 2.30. The normalized spacial score (nSPS) is 15.9. The summed E-state index contributed by atoms with van der Waals surface area (Å²) in [6.07, 6.45) is 0.0765. The molecular formula is C16H14N2O2S. The van der Waals surface area contributed by atoms with Gasteiger partial charge in [-0.1, -0.05) is 42.5 Å². The van der Waals surface area contributed by atoms with E-state index in [4.69, 9.17) is 22.7 Å². The van der Waals surface area contributed by atoms with E-state index in [1.807, 2.05) is 24.3 Å². The SMILES string of the molecule is NC(=S)c1cccc(NC(=O)C2Cc3ccccc3O2)c1. The smallest absolute Gasteiger partial charge is 0.265 e. The summed E-state index contributed by atoms with van der Waals surface area (Å²) in [4.78, 5) is 12.6. The highest BCUT2D eigenvalue weighted by Crippen LogP contribution is 2.28. The molecule has 1 atom stereocenters. The number of benzene rings is 2. The first kappa shape index (κ1) is 13.6. The Labute approximate surface area is 127 Å². The number of ether oxygens (including phenoxy) is 1. The lowest BCUT2D eigenvalue weighted by molar-refractivity contribution is -0.122. The molecule has 3 N–H and O–H groups in total. The molecular weight excluding hydrogens is 284 g/mol. The van der Waals surface area contributed by atoms with Gasteiger partial charge >= 0.3 is 0 Å². The van der Waals surface area contributed by atoms with Gasteiger partial charge in [-0.3, -0.25) is 4.79 Å². The van der Waals surface area contributed by atoms with Crippen molar-refractivity contribution in [2.24, 2.45) is 5.73 Å². The number of thiocarbonyl (C=S) groups is 1. The van der Waals surface area contributed by atoms with Crippen molar-refractivity contribution in [3.63, 3.8) is 0 Å². The first-order valence-electron chi connectivity index (χ1n) is 6.59. The summed E-state index contributed by atoms with van der Waals surface area (Å²) in [6.45, 7) is 0. The van der Waals surface area contributed by atoms with E-state index in [1.165, 1.54) is 0 Å². The Morgan fingerprint density at radius 1 is 1.24 bits per heavy atom. The van der Waals surface area contributed by atoms with Crippen LogP contribution in [0.4, 0.5) is 5.69 Å². The third kappa shape index (κ3) is 2.87.